The molecule has 0 saturated heterocycles. The monoisotopic (exact) mass is 505 g/mol. The van der Waals surface area contributed by atoms with Crippen molar-refractivity contribution in [2.75, 3.05) is 23.3 Å². The van der Waals surface area contributed by atoms with Gasteiger partial charge in [0.2, 0.25) is 5.95 Å². The number of hydrogen-bond acceptors (Lipinski definition) is 8. The van der Waals surface area contributed by atoms with Crippen molar-refractivity contribution in [2.24, 2.45) is 10.2 Å². The number of aromatic nitrogens is 2. The van der Waals surface area contributed by atoms with E-state index in [2.05, 4.69) is 36.3 Å². The molecule has 0 fully saturated rings. The minimum atomic E-state index is 0.253. The molecule has 4 aromatic rings. The van der Waals surface area contributed by atoms with Gasteiger partial charge >= 0.3 is 0 Å². The fourth-order valence-electron chi connectivity index (χ4n) is 3.02. The van der Waals surface area contributed by atoms with E-state index in [-0.39, 0.29) is 5.95 Å². The zero-order valence-corrected chi connectivity index (χ0v) is 20.1. The first-order valence-corrected chi connectivity index (χ1v) is 11.2. The van der Waals surface area contributed by atoms with Crippen LogP contribution in [0, 0.1) is 0 Å². The number of hydrogen-bond donors (Lipinski definition) is 3. The third kappa shape index (κ3) is 7.17. The Morgan fingerprint density at radius 2 is 1.37 bits per heavy atom. The zero-order valence-electron chi connectivity index (χ0n) is 18.6. The van der Waals surface area contributed by atoms with Crippen molar-refractivity contribution in [3.63, 3.8) is 0 Å². The molecule has 35 heavy (non-hydrogen) atoms. The summed E-state index contributed by atoms with van der Waals surface area (Å²) in [6.07, 6.45) is 3.27. The van der Waals surface area contributed by atoms with E-state index in [0.29, 0.717) is 27.4 Å². The van der Waals surface area contributed by atoms with E-state index in [1.54, 1.807) is 49.9 Å². The number of methoxy groups -OCH3 is 1. The second-order valence-electron chi connectivity index (χ2n) is 7.14. The maximum Gasteiger partial charge on any atom is 0.247 e. The van der Waals surface area contributed by atoms with E-state index in [1.165, 1.54) is 0 Å². The van der Waals surface area contributed by atoms with Crippen LogP contribution in [0.3, 0.4) is 0 Å². The lowest BCUT2D eigenvalue weighted by Gasteiger charge is -2.12. The van der Waals surface area contributed by atoms with Crippen LogP contribution in [0.25, 0.3) is 0 Å². The topological polar surface area (TPSA) is 95.8 Å². The highest BCUT2D eigenvalue weighted by molar-refractivity contribution is 6.31. The van der Waals surface area contributed by atoms with Crippen LogP contribution in [-0.4, -0.2) is 29.5 Å². The molecule has 0 unspecified atom stereocenters. The van der Waals surface area contributed by atoms with E-state index in [4.69, 9.17) is 27.9 Å². The number of nitrogens with one attached hydrogen (secondary N) is 3. The number of halogens is 2. The normalized spacial score (nSPS) is 11.1. The molecule has 0 spiro atoms. The van der Waals surface area contributed by atoms with Crippen molar-refractivity contribution < 1.29 is 4.74 Å². The van der Waals surface area contributed by atoms with Crippen LogP contribution in [0.4, 0.5) is 23.3 Å². The summed E-state index contributed by atoms with van der Waals surface area (Å²) in [5.74, 6) is 1.87. The molecule has 176 valence electrons. The maximum absolute atomic E-state index is 6.04. The predicted molar refractivity (Wildman–Crippen MR) is 144 cm³/mol. The fraction of sp³-hybridized carbons (Fsp3) is 0.0400. The van der Waals surface area contributed by atoms with Gasteiger partial charge in [-0.2, -0.15) is 20.2 Å². The Morgan fingerprint density at radius 3 is 2.03 bits per heavy atom. The Balaban J connectivity index is 1.57. The number of nitrogens with zero attached hydrogens (tertiary/aromatic N) is 4. The molecule has 0 amide bonds. The molecule has 1 aromatic heterocycles. The standard InChI is InChI=1S/C25H21Cl2N7O/c1-35-22-11-3-2-10-21(22)30-23-14-24(33-28-15-17-6-4-8-19(26)12-17)32-25(31-23)34-29-16-18-7-5-9-20(27)13-18/h2-16H,1H3,(H3,30,31,32,33,34). The van der Waals surface area contributed by atoms with Gasteiger partial charge in [-0.25, -0.2) is 5.43 Å². The molecule has 0 atom stereocenters. The number of ether oxygens (including phenoxy) is 1. The van der Waals surface area contributed by atoms with Crippen LogP contribution in [0.1, 0.15) is 11.1 Å². The lowest BCUT2D eigenvalue weighted by atomic mass is 10.2. The molecule has 3 N–H and O–H groups in total. The Morgan fingerprint density at radius 1 is 0.743 bits per heavy atom. The third-order valence-electron chi connectivity index (χ3n) is 4.56. The highest BCUT2D eigenvalue weighted by atomic mass is 35.5. The minimum Gasteiger partial charge on any atom is -0.495 e. The van der Waals surface area contributed by atoms with Crippen LogP contribution < -0.4 is 20.9 Å². The first-order chi connectivity index (χ1) is 17.1. The summed E-state index contributed by atoms with van der Waals surface area (Å²) in [5.41, 5.74) is 8.19. The second-order valence-corrected chi connectivity index (χ2v) is 8.01. The van der Waals surface area contributed by atoms with Crippen molar-refractivity contribution in [3.05, 3.63) is 100 Å². The molecule has 3 aromatic carbocycles. The van der Waals surface area contributed by atoms with E-state index in [9.17, 15) is 0 Å². The Bertz CT molecular complexity index is 1290. The Labute approximate surface area is 212 Å². The molecule has 0 saturated carbocycles. The van der Waals surface area contributed by atoms with Gasteiger partial charge < -0.3 is 10.1 Å². The highest BCUT2D eigenvalue weighted by Crippen LogP contribution is 2.27. The van der Waals surface area contributed by atoms with Crippen molar-refractivity contribution in [1.82, 2.24) is 9.97 Å². The molecule has 8 nitrogen and oxygen atoms in total. The maximum atomic E-state index is 6.04. The molecule has 0 aliphatic rings. The number of anilines is 4. The van der Waals surface area contributed by atoms with Crippen molar-refractivity contribution in [1.29, 1.82) is 0 Å². The lowest BCUT2D eigenvalue weighted by molar-refractivity contribution is 0.417. The largest absolute Gasteiger partial charge is 0.495 e. The summed E-state index contributed by atoms with van der Waals surface area (Å²) in [6.45, 7) is 0. The molecule has 0 aliphatic carbocycles. The van der Waals surface area contributed by atoms with Gasteiger partial charge in [-0.3, -0.25) is 5.43 Å². The Kier molecular flexibility index (Phi) is 8.11. The minimum absolute atomic E-state index is 0.253. The first kappa shape index (κ1) is 24.0. The van der Waals surface area contributed by atoms with E-state index in [1.807, 2.05) is 48.5 Å². The van der Waals surface area contributed by atoms with E-state index < -0.39 is 0 Å². The summed E-state index contributed by atoms with van der Waals surface area (Å²) in [5, 5.41) is 13.0. The van der Waals surface area contributed by atoms with Gasteiger partial charge in [-0.15, -0.1) is 0 Å². The Hall–Kier alpha value is -4.14. The van der Waals surface area contributed by atoms with Crippen molar-refractivity contribution >= 4 is 58.9 Å². The van der Waals surface area contributed by atoms with Crippen LogP contribution in [0.2, 0.25) is 10.0 Å². The van der Waals surface area contributed by atoms with Gasteiger partial charge in [-0.05, 0) is 47.5 Å². The number of para-hydroxylation sites is 2. The quantitative estimate of drug-likeness (QED) is 0.179. The summed E-state index contributed by atoms with van der Waals surface area (Å²) in [6, 6.07) is 23.9. The summed E-state index contributed by atoms with van der Waals surface area (Å²) >= 11 is 12.1. The molecule has 0 aliphatic heterocycles. The second kappa shape index (κ2) is 11.8. The smallest absolute Gasteiger partial charge is 0.247 e. The summed E-state index contributed by atoms with van der Waals surface area (Å²) in [4.78, 5) is 8.92. The molecule has 1 heterocycles. The predicted octanol–water partition coefficient (Wildman–Crippen LogP) is 6.43. The van der Waals surface area contributed by atoms with Crippen LogP contribution in [-0.2, 0) is 0 Å². The van der Waals surface area contributed by atoms with Crippen molar-refractivity contribution in [2.45, 2.75) is 0 Å². The van der Waals surface area contributed by atoms with Crippen LogP contribution in [0.15, 0.2) is 89.1 Å². The van der Waals surface area contributed by atoms with E-state index >= 15 is 0 Å². The first-order valence-electron chi connectivity index (χ1n) is 10.5. The molecule has 0 bridgehead atoms. The third-order valence-corrected chi connectivity index (χ3v) is 5.03. The molecular weight excluding hydrogens is 485 g/mol. The average Bonchev–Trinajstić information content (AvgIpc) is 2.84. The number of hydrazone groups is 2. The highest BCUT2D eigenvalue weighted by Gasteiger charge is 2.07. The van der Waals surface area contributed by atoms with Gasteiger partial charge in [0.05, 0.1) is 25.2 Å². The van der Waals surface area contributed by atoms with Crippen molar-refractivity contribution in [3.8, 4) is 5.75 Å². The summed E-state index contributed by atoms with van der Waals surface area (Å²) in [7, 11) is 1.61. The molecule has 10 heteroatoms. The van der Waals surface area contributed by atoms with Gasteiger partial charge in [0.15, 0.2) is 5.82 Å². The lowest BCUT2D eigenvalue weighted by Crippen LogP contribution is -2.04. The fourth-order valence-corrected chi connectivity index (χ4v) is 3.41. The average molecular weight is 506 g/mol. The van der Waals surface area contributed by atoms with Crippen LogP contribution in [0.5, 0.6) is 5.75 Å². The molecule has 0 radical (unpaired) electrons. The van der Waals surface area contributed by atoms with Gasteiger partial charge in [0, 0.05) is 16.1 Å². The van der Waals surface area contributed by atoms with E-state index in [0.717, 1.165) is 16.8 Å². The zero-order chi connectivity index (χ0) is 24.5. The summed E-state index contributed by atoms with van der Waals surface area (Å²) < 4.78 is 5.42. The van der Waals surface area contributed by atoms with Gasteiger partial charge in [0.25, 0.3) is 0 Å². The SMILES string of the molecule is COc1ccccc1Nc1cc(NN=Cc2cccc(Cl)c2)nc(NN=Cc2cccc(Cl)c2)n1. The molecule has 4 rings (SSSR count). The van der Waals surface area contributed by atoms with Gasteiger partial charge in [0.1, 0.15) is 11.6 Å². The molecular formula is C25H21Cl2N7O. The number of rotatable bonds is 9. The van der Waals surface area contributed by atoms with Gasteiger partial charge in [-0.1, -0.05) is 59.6 Å². The number of benzene rings is 3. The van der Waals surface area contributed by atoms with Crippen LogP contribution >= 0.6 is 23.2 Å².